The van der Waals surface area contributed by atoms with Crippen molar-refractivity contribution in [2.24, 2.45) is 5.92 Å². The Hall–Kier alpha value is -1.09. The standard InChI is InChI=1S/C15H25N3/c1-5-16-9-13-8-11(2)15(17-10-13)18(4)12(3)14-6-7-14/h8,10,12,14,16H,5-7,9H2,1-4H3. The largest absolute Gasteiger partial charge is 0.356 e. The number of aryl methyl sites for hydroxylation is 1. The molecule has 1 aromatic rings. The van der Waals surface area contributed by atoms with E-state index < -0.39 is 0 Å². The molecule has 3 nitrogen and oxygen atoms in total. The summed E-state index contributed by atoms with van der Waals surface area (Å²) in [5, 5.41) is 3.34. The molecule has 0 saturated heterocycles. The van der Waals surface area contributed by atoms with Gasteiger partial charge in [-0.15, -0.1) is 0 Å². The average molecular weight is 247 g/mol. The highest BCUT2D eigenvalue weighted by Gasteiger charge is 2.31. The Labute approximate surface area is 111 Å². The van der Waals surface area contributed by atoms with Crippen molar-refractivity contribution in [3.63, 3.8) is 0 Å². The fourth-order valence-electron chi connectivity index (χ4n) is 2.45. The molecule has 18 heavy (non-hydrogen) atoms. The van der Waals surface area contributed by atoms with Crippen LogP contribution in [-0.2, 0) is 6.54 Å². The number of hydrogen-bond donors (Lipinski definition) is 1. The van der Waals surface area contributed by atoms with Gasteiger partial charge in [-0.1, -0.05) is 6.92 Å². The smallest absolute Gasteiger partial charge is 0.131 e. The van der Waals surface area contributed by atoms with Gasteiger partial charge in [0.2, 0.25) is 0 Å². The Morgan fingerprint density at radius 2 is 2.22 bits per heavy atom. The molecule has 0 amide bonds. The van der Waals surface area contributed by atoms with Crippen LogP contribution in [-0.4, -0.2) is 24.6 Å². The summed E-state index contributed by atoms with van der Waals surface area (Å²) in [6, 6.07) is 2.86. The maximum absolute atomic E-state index is 4.65. The molecule has 1 unspecified atom stereocenters. The van der Waals surface area contributed by atoms with Gasteiger partial charge in [0.15, 0.2) is 0 Å². The SMILES string of the molecule is CCNCc1cnc(N(C)C(C)C2CC2)c(C)c1. The normalized spacial score (nSPS) is 16.7. The fraction of sp³-hybridized carbons (Fsp3) is 0.667. The van der Waals surface area contributed by atoms with E-state index in [0.717, 1.165) is 24.8 Å². The summed E-state index contributed by atoms with van der Waals surface area (Å²) in [6.45, 7) is 8.50. The van der Waals surface area contributed by atoms with Crippen LogP contribution < -0.4 is 10.2 Å². The third-order valence-electron chi connectivity index (χ3n) is 3.94. The number of pyridine rings is 1. The van der Waals surface area contributed by atoms with E-state index in [1.807, 2.05) is 6.20 Å². The summed E-state index contributed by atoms with van der Waals surface area (Å²) in [7, 11) is 2.17. The zero-order valence-corrected chi connectivity index (χ0v) is 12.0. The van der Waals surface area contributed by atoms with E-state index in [1.165, 1.54) is 24.0 Å². The van der Waals surface area contributed by atoms with Crippen LogP contribution in [0.4, 0.5) is 5.82 Å². The first kappa shape index (κ1) is 13.3. The molecule has 1 fully saturated rings. The molecular formula is C15H25N3. The summed E-state index contributed by atoms with van der Waals surface area (Å²) in [6.07, 6.45) is 4.76. The van der Waals surface area contributed by atoms with E-state index in [0.29, 0.717) is 6.04 Å². The number of anilines is 1. The molecule has 0 spiro atoms. The first-order valence-electron chi connectivity index (χ1n) is 7.02. The quantitative estimate of drug-likeness (QED) is 0.838. The monoisotopic (exact) mass is 247 g/mol. The van der Waals surface area contributed by atoms with Gasteiger partial charge in [0.05, 0.1) is 0 Å². The lowest BCUT2D eigenvalue weighted by Gasteiger charge is -2.27. The van der Waals surface area contributed by atoms with Crippen molar-refractivity contribution in [1.82, 2.24) is 10.3 Å². The molecule has 0 aliphatic heterocycles. The summed E-state index contributed by atoms with van der Waals surface area (Å²) >= 11 is 0. The van der Waals surface area contributed by atoms with Crippen molar-refractivity contribution in [2.45, 2.75) is 46.2 Å². The lowest BCUT2D eigenvalue weighted by molar-refractivity contribution is 0.602. The predicted octanol–water partition coefficient (Wildman–Crippen LogP) is 2.73. The highest BCUT2D eigenvalue weighted by molar-refractivity contribution is 5.47. The molecule has 1 aliphatic rings. The number of nitrogens with zero attached hydrogens (tertiary/aromatic N) is 2. The minimum Gasteiger partial charge on any atom is -0.356 e. The molecule has 1 aliphatic carbocycles. The Morgan fingerprint density at radius 1 is 1.50 bits per heavy atom. The van der Waals surface area contributed by atoms with Gasteiger partial charge in [0, 0.05) is 25.8 Å². The number of rotatable bonds is 6. The Morgan fingerprint density at radius 3 is 2.78 bits per heavy atom. The number of hydrogen-bond acceptors (Lipinski definition) is 3. The summed E-state index contributed by atoms with van der Waals surface area (Å²) < 4.78 is 0. The van der Waals surface area contributed by atoms with Crippen LogP contribution in [0.5, 0.6) is 0 Å². The summed E-state index contributed by atoms with van der Waals surface area (Å²) in [5.41, 5.74) is 2.55. The zero-order valence-electron chi connectivity index (χ0n) is 12.0. The van der Waals surface area contributed by atoms with E-state index in [9.17, 15) is 0 Å². The molecule has 1 atom stereocenters. The maximum atomic E-state index is 4.65. The van der Waals surface area contributed by atoms with E-state index in [2.05, 4.69) is 49.1 Å². The highest BCUT2D eigenvalue weighted by Crippen LogP contribution is 2.36. The molecular weight excluding hydrogens is 222 g/mol. The van der Waals surface area contributed by atoms with Gasteiger partial charge in [-0.25, -0.2) is 4.98 Å². The van der Waals surface area contributed by atoms with Gasteiger partial charge in [0.25, 0.3) is 0 Å². The van der Waals surface area contributed by atoms with Gasteiger partial charge >= 0.3 is 0 Å². The molecule has 1 heterocycles. The molecule has 2 rings (SSSR count). The Kier molecular flexibility index (Phi) is 4.23. The van der Waals surface area contributed by atoms with Crippen LogP contribution in [0.3, 0.4) is 0 Å². The van der Waals surface area contributed by atoms with E-state index in [1.54, 1.807) is 0 Å². The van der Waals surface area contributed by atoms with Gasteiger partial charge in [-0.2, -0.15) is 0 Å². The van der Waals surface area contributed by atoms with Crippen LogP contribution >= 0.6 is 0 Å². The summed E-state index contributed by atoms with van der Waals surface area (Å²) in [5.74, 6) is 2.01. The van der Waals surface area contributed by atoms with E-state index in [4.69, 9.17) is 0 Å². The van der Waals surface area contributed by atoms with Crippen molar-refractivity contribution >= 4 is 5.82 Å². The molecule has 0 radical (unpaired) electrons. The van der Waals surface area contributed by atoms with Crippen molar-refractivity contribution in [3.8, 4) is 0 Å². The van der Waals surface area contributed by atoms with E-state index in [-0.39, 0.29) is 0 Å². The molecule has 100 valence electrons. The average Bonchev–Trinajstić information content (AvgIpc) is 3.19. The highest BCUT2D eigenvalue weighted by atomic mass is 15.2. The molecule has 3 heteroatoms. The second kappa shape index (κ2) is 5.70. The maximum Gasteiger partial charge on any atom is 0.131 e. The summed E-state index contributed by atoms with van der Waals surface area (Å²) in [4.78, 5) is 6.99. The second-order valence-corrected chi connectivity index (χ2v) is 5.45. The minimum absolute atomic E-state index is 0.607. The van der Waals surface area contributed by atoms with Gasteiger partial charge < -0.3 is 10.2 Å². The minimum atomic E-state index is 0.607. The fourth-order valence-corrected chi connectivity index (χ4v) is 2.45. The van der Waals surface area contributed by atoms with Gasteiger partial charge in [-0.05, 0) is 56.3 Å². The predicted molar refractivity (Wildman–Crippen MR) is 76.9 cm³/mol. The van der Waals surface area contributed by atoms with Crippen LogP contribution in [0.1, 0.15) is 37.8 Å². The van der Waals surface area contributed by atoms with Crippen molar-refractivity contribution in [2.75, 3.05) is 18.5 Å². The number of nitrogens with one attached hydrogen (secondary N) is 1. The van der Waals surface area contributed by atoms with Crippen LogP contribution in [0, 0.1) is 12.8 Å². The molecule has 0 bridgehead atoms. The lowest BCUT2D eigenvalue weighted by Crippen LogP contribution is -2.32. The van der Waals surface area contributed by atoms with Gasteiger partial charge in [-0.3, -0.25) is 0 Å². The molecule has 1 saturated carbocycles. The molecule has 1 aromatic heterocycles. The van der Waals surface area contributed by atoms with Crippen molar-refractivity contribution in [1.29, 1.82) is 0 Å². The lowest BCUT2D eigenvalue weighted by atomic mass is 10.1. The van der Waals surface area contributed by atoms with Gasteiger partial charge in [0.1, 0.15) is 5.82 Å². The Bertz CT molecular complexity index is 399. The van der Waals surface area contributed by atoms with Crippen LogP contribution in [0.25, 0.3) is 0 Å². The topological polar surface area (TPSA) is 28.2 Å². The first-order valence-corrected chi connectivity index (χ1v) is 7.02. The molecule has 0 aromatic carbocycles. The third kappa shape index (κ3) is 3.02. The number of aromatic nitrogens is 1. The first-order chi connectivity index (χ1) is 8.63. The van der Waals surface area contributed by atoms with Crippen LogP contribution in [0.15, 0.2) is 12.3 Å². The van der Waals surface area contributed by atoms with Crippen molar-refractivity contribution in [3.05, 3.63) is 23.4 Å². The van der Waals surface area contributed by atoms with Crippen LogP contribution in [0.2, 0.25) is 0 Å². The van der Waals surface area contributed by atoms with Crippen molar-refractivity contribution < 1.29 is 0 Å². The third-order valence-corrected chi connectivity index (χ3v) is 3.94. The molecule has 1 N–H and O–H groups in total. The Balaban J connectivity index is 2.08. The second-order valence-electron chi connectivity index (χ2n) is 5.45. The zero-order chi connectivity index (χ0) is 13.1. The van der Waals surface area contributed by atoms with E-state index >= 15 is 0 Å².